The largest absolute Gasteiger partial charge is 0.398 e. The highest BCUT2D eigenvalue weighted by Gasteiger charge is 1.98. The molecule has 0 bridgehead atoms. The normalized spacial score (nSPS) is 10.8. The minimum Gasteiger partial charge on any atom is -0.398 e. The van der Waals surface area contributed by atoms with Gasteiger partial charge in [0, 0.05) is 30.8 Å². The first kappa shape index (κ1) is 13.4. The van der Waals surface area contributed by atoms with Gasteiger partial charge in [-0.25, -0.2) is 0 Å². The number of nitrogens with one attached hydrogen (secondary N) is 1. The molecule has 0 unspecified atom stereocenters. The van der Waals surface area contributed by atoms with Gasteiger partial charge in [-0.1, -0.05) is 0 Å². The van der Waals surface area contributed by atoms with Gasteiger partial charge in [-0.3, -0.25) is 0 Å². The molecule has 0 aromatic carbocycles. The molecule has 0 amide bonds. The maximum absolute atomic E-state index is 5.77. The van der Waals surface area contributed by atoms with Crippen molar-refractivity contribution in [2.24, 2.45) is 0 Å². The van der Waals surface area contributed by atoms with Crippen molar-refractivity contribution in [3.63, 3.8) is 0 Å². The van der Waals surface area contributed by atoms with Crippen LogP contribution in [0.25, 0.3) is 0 Å². The van der Waals surface area contributed by atoms with E-state index in [1.54, 1.807) is 18.4 Å². The van der Waals surface area contributed by atoms with E-state index in [9.17, 15) is 0 Å². The van der Waals surface area contributed by atoms with Crippen LogP contribution in [0.1, 0.15) is 11.3 Å². The van der Waals surface area contributed by atoms with Gasteiger partial charge in [0.25, 0.3) is 0 Å². The third-order valence-corrected chi connectivity index (χ3v) is 3.08. The summed E-state index contributed by atoms with van der Waals surface area (Å²) in [5.41, 5.74) is 6.65. The number of rotatable bonds is 9. The third-order valence-electron chi connectivity index (χ3n) is 2.14. The van der Waals surface area contributed by atoms with Crippen LogP contribution in [0.2, 0.25) is 0 Å². The van der Waals surface area contributed by atoms with Crippen LogP contribution in [0.4, 0.5) is 5.69 Å². The van der Waals surface area contributed by atoms with E-state index < -0.39 is 0 Å². The first-order valence-corrected chi connectivity index (χ1v) is 6.32. The summed E-state index contributed by atoms with van der Waals surface area (Å²) < 4.78 is 10.2. The van der Waals surface area contributed by atoms with Crippen LogP contribution in [0.15, 0.2) is 11.4 Å². The van der Waals surface area contributed by atoms with Crippen molar-refractivity contribution < 1.29 is 9.47 Å². The van der Waals surface area contributed by atoms with Crippen molar-refractivity contribution in [1.29, 1.82) is 0 Å². The van der Waals surface area contributed by atoms with Crippen LogP contribution in [0.5, 0.6) is 0 Å². The highest BCUT2D eigenvalue weighted by molar-refractivity contribution is 7.10. The van der Waals surface area contributed by atoms with Gasteiger partial charge in [-0.15, -0.1) is 11.3 Å². The van der Waals surface area contributed by atoms with Crippen molar-refractivity contribution >= 4 is 17.0 Å². The summed E-state index contributed by atoms with van der Waals surface area (Å²) in [4.78, 5) is 1.21. The van der Waals surface area contributed by atoms with Gasteiger partial charge in [-0.05, 0) is 24.4 Å². The first-order chi connectivity index (χ1) is 7.84. The van der Waals surface area contributed by atoms with Crippen LogP contribution in [-0.4, -0.2) is 33.5 Å². The smallest absolute Gasteiger partial charge is 0.0700 e. The van der Waals surface area contributed by atoms with Gasteiger partial charge in [0.15, 0.2) is 0 Å². The highest BCUT2D eigenvalue weighted by atomic mass is 32.1. The lowest BCUT2D eigenvalue weighted by Gasteiger charge is -2.05. The maximum atomic E-state index is 5.77. The molecular weight excluding hydrogens is 224 g/mol. The molecule has 5 heteroatoms. The Labute approximate surface area is 101 Å². The number of anilines is 1. The molecule has 0 atom stereocenters. The van der Waals surface area contributed by atoms with Crippen molar-refractivity contribution in [3.8, 4) is 0 Å². The standard InChI is InChI=1S/C11H20N2O2S/c1-14-6-7-15-5-2-4-13-9-11-10(12)3-8-16-11/h3,8,13H,2,4-7,9,12H2,1H3. The predicted octanol–water partition coefficient (Wildman–Crippen LogP) is 1.47. The molecule has 0 saturated carbocycles. The van der Waals surface area contributed by atoms with Gasteiger partial charge < -0.3 is 20.5 Å². The third kappa shape index (κ3) is 5.46. The minimum absolute atomic E-state index is 0.666. The molecule has 1 rings (SSSR count). The molecule has 1 heterocycles. The zero-order valence-corrected chi connectivity index (χ0v) is 10.5. The maximum Gasteiger partial charge on any atom is 0.0700 e. The molecule has 1 aromatic rings. The average molecular weight is 244 g/mol. The first-order valence-electron chi connectivity index (χ1n) is 5.44. The Kier molecular flexibility index (Phi) is 7.16. The molecule has 0 aliphatic carbocycles. The second-order valence-corrected chi connectivity index (χ2v) is 4.44. The number of hydrogen-bond donors (Lipinski definition) is 2. The number of thiophene rings is 1. The van der Waals surface area contributed by atoms with Gasteiger partial charge >= 0.3 is 0 Å². The average Bonchev–Trinajstić information content (AvgIpc) is 2.68. The molecule has 16 heavy (non-hydrogen) atoms. The molecule has 0 fully saturated rings. The van der Waals surface area contributed by atoms with Crippen molar-refractivity contribution in [2.75, 3.05) is 39.2 Å². The second-order valence-electron chi connectivity index (χ2n) is 3.43. The van der Waals surface area contributed by atoms with Crippen molar-refractivity contribution in [3.05, 3.63) is 16.3 Å². The zero-order valence-electron chi connectivity index (χ0n) is 9.70. The summed E-state index contributed by atoms with van der Waals surface area (Å²) in [7, 11) is 1.68. The summed E-state index contributed by atoms with van der Waals surface area (Å²) in [5, 5.41) is 5.35. The van der Waals surface area contributed by atoms with Gasteiger partial charge in [-0.2, -0.15) is 0 Å². The summed E-state index contributed by atoms with van der Waals surface area (Å²) in [6.45, 7) is 3.91. The van der Waals surface area contributed by atoms with E-state index in [-0.39, 0.29) is 0 Å². The number of hydrogen-bond acceptors (Lipinski definition) is 5. The minimum atomic E-state index is 0.666. The van der Waals surface area contributed by atoms with E-state index >= 15 is 0 Å². The summed E-state index contributed by atoms with van der Waals surface area (Å²) in [6, 6.07) is 1.94. The van der Waals surface area contributed by atoms with E-state index in [2.05, 4.69) is 5.32 Å². The Hall–Kier alpha value is -0.620. The summed E-state index contributed by atoms with van der Waals surface area (Å²) in [6.07, 6.45) is 1.01. The van der Waals surface area contributed by atoms with Crippen LogP contribution >= 0.6 is 11.3 Å². The van der Waals surface area contributed by atoms with E-state index in [0.29, 0.717) is 13.2 Å². The molecule has 92 valence electrons. The quantitative estimate of drug-likeness (QED) is 0.646. The Morgan fingerprint density at radius 1 is 1.38 bits per heavy atom. The molecule has 0 saturated heterocycles. The van der Waals surface area contributed by atoms with Crippen LogP contribution in [0.3, 0.4) is 0 Å². The SMILES string of the molecule is COCCOCCCNCc1sccc1N. The monoisotopic (exact) mass is 244 g/mol. The molecular formula is C11H20N2O2S. The van der Waals surface area contributed by atoms with E-state index in [0.717, 1.165) is 31.8 Å². The molecule has 4 nitrogen and oxygen atoms in total. The molecule has 0 aliphatic rings. The second kappa shape index (κ2) is 8.52. The topological polar surface area (TPSA) is 56.5 Å². The molecule has 0 radical (unpaired) electrons. The molecule has 1 aromatic heterocycles. The lowest BCUT2D eigenvalue weighted by Crippen LogP contribution is -2.16. The Bertz CT molecular complexity index is 279. The van der Waals surface area contributed by atoms with E-state index in [4.69, 9.17) is 15.2 Å². The van der Waals surface area contributed by atoms with Crippen LogP contribution in [-0.2, 0) is 16.0 Å². The number of nitrogens with two attached hydrogens (primary N) is 1. The molecule has 3 N–H and O–H groups in total. The zero-order chi connectivity index (χ0) is 11.6. The number of methoxy groups -OCH3 is 1. The Morgan fingerprint density at radius 3 is 2.94 bits per heavy atom. The Balaban J connectivity index is 1.91. The number of nitrogen functional groups attached to an aromatic ring is 1. The van der Waals surface area contributed by atoms with Gasteiger partial charge in [0.2, 0.25) is 0 Å². The predicted molar refractivity (Wildman–Crippen MR) is 67.8 cm³/mol. The fourth-order valence-corrected chi connectivity index (χ4v) is 2.01. The van der Waals surface area contributed by atoms with Gasteiger partial charge in [0.05, 0.1) is 13.2 Å². The fraction of sp³-hybridized carbons (Fsp3) is 0.636. The molecule has 0 aliphatic heterocycles. The van der Waals surface area contributed by atoms with Crippen LogP contribution < -0.4 is 11.1 Å². The highest BCUT2D eigenvalue weighted by Crippen LogP contribution is 2.17. The number of ether oxygens (including phenoxy) is 2. The molecule has 0 spiro atoms. The summed E-state index contributed by atoms with van der Waals surface area (Å²) >= 11 is 1.69. The summed E-state index contributed by atoms with van der Waals surface area (Å²) in [5.74, 6) is 0. The van der Waals surface area contributed by atoms with Crippen molar-refractivity contribution in [2.45, 2.75) is 13.0 Å². The Morgan fingerprint density at radius 2 is 2.25 bits per heavy atom. The van der Waals surface area contributed by atoms with Crippen LogP contribution in [0, 0.1) is 0 Å². The van der Waals surface area contributed by atoms with E-state index in [1.165, 1.54) is 4.88 Å². The van der Waals surface area contributed by atoms with Gasteiger partial charge in [0.1, 0.15) is 0 Å². The van der Waals surface area contributed by atoms with E-state index in [1.807, 2.05) is 11.4 Å². The van der Waals surface area contributed by atoms with Crippen molar-refractivity contribution in [1.82, 2.24) is 5.32 Å². The lowest BCUT2D eigenvalue weighted by atomic mass is 10.4. The fourth-order valence-electron chi connectivity index (χ4n) is 1.24. The lowest BCUT2D eigenvalue weighted by molar-refractivity contribution is 0.0695.